The van der Waals surface area contributed by atoms with Gasteiger partial charge in [-0.25, -0.2) is 4.57 Å². The van der Waals surface area contributed by atoms with Gasteiger partial charge in [0.25, 0.3) is 0 Å². The van der Waals surface area contributed by atoms with Gasteiger partial charge in [-0.05, 0) is 44.4 Å². The predicted molar refractivity (Wildman–Crippen MR) is 202 cm³/mol. The number of aliphatic hydroxyl groups excluding tert-OH is 3. The molecule has 0 saturated carbocycles. The van der Waals surface area contributed by atoms with Crippen molar-refractivity contribution in [3.63, 3.8) is 0 Å². The van der Waals surface area contributed by atoms with Gasteiger partial charge in [-0.3, -0.25) is 18.6 Å². The summed E-state index contributed by atoms with van der Waals surface area (Å²) >= 11 is 0. The molecule has 12 heteroatoms. The maximum Gasteiger partial charge on any atom is 0.472 e. The van der Waals surface area contributed by atoms with Crippen molar-refractivity contribution in [1.29, 1.82) is 0 Å². The van der Waals surface area contributed by atoms with Gasteiger partial charge in [-0.1, -0.05) is 134 Å². The lowest BCUT2D eigenvalue weighted by atomic mass is 10.00. The van der Waals surface area contributed by atoms with Crippen molar-refractivity contribution in [2.24, 2.45) is 5.92 Å². The summed E-state index contributed by atoms with van der Waals surface area (Å²) in [5, 5.41) is 28.1. The second kappa shape index (κ2) is 33.7. The summed E-state index contributed by atoms with van der Waals surface area (Å²) in [5.41, 5.74) is 0. The number of hydrogen-bond donors (Lipinski definition) is 4. The Hall–Kier alpha value is -2.11. The summed E-state index contributed by atoms with van der Waals surface area (Å²) in [5.74, 6) is -0.271. The fourth-order valence-electron chi connectivity index (χ4n) is 4.72. The van der Waals surface area contributed by atoms with E-state index >= 15 is 0 Å². The first-order valence-corrected chi connectivity index (χ1v) is 20.6. The van der Waals surface area contributed by atoms with E-state index < -0.39 is 51.8 Å². The van der Waals surface area contributed by atoms with Gasteiger partial charge in [0.1, 0.15) is 12.7 Å². The number of aliphatic hydroxyl groups is 3. The molecule has 0 aromatic rings. The predicted octanol–water partition coefficient (Wildman–Crippen LogP) is 8.21. The van der Waals surface area contributed by atoms with Gasteiger partial charge in [0.2, 0.25) is 0 Å². The number of rotatable bonds is 34. The maximum atomic E-state index is 12.5. The molecule has 0 saturated heterocycles. The largest absolute Gasteiger partial charge is 0.472 e. The van der Waals surface area contributed by atoms with Crippen LogP contribution in [0.25, 0.3) is 0 Å². The van der Waals surface area contributed by atoms with Crippen LogP contribution < -0.4 is 0 Å². The topological polar surface area (TPSA) is 169 Å². The van der Waals surface area contributed by atoms with Crippen molar-refractivity contribution in [2.75, 3.05) is 26.4 Å². The van der Waals surface area contributed by atoms with E-state index in [2.05, 4.69) is 37.4 Å². The van der Waals surface area contributed by atoms with Crippen LogP contribution in [0.2, 0.25) is 0 Å². The Morgan fingerprint density at radius 1 is 0.725 bits per heavy atom. The van der Waals surface area contributed by atoms with Crippen molar-refractivity contribution in [1.82, 2.24) is 0 Å². The van der Waals surface area contributed by atoms with Crippen LogP contribution in [0.5, 0.6) is 0 Å². The second-order valence-corrected chi connectivity index (χ2v) is 14.5. The van der Waals surface area contributed by atoms with Crippen LogP contribution >= 0.6 is 7.82 Å². The van der Waals surface area contributed by atoms with E-state index in [0.29, 0.717) is 19.3 Å². The molecule has 4 N–H and O–H groups in total. The van der Waals surface area contributed by atoms with Crippen LogP contribution in [0.3, 0.4) is 0 Å². The first-order valence-electron chi connectivity index (χ1n) is 19.1. The molecule has 11 nitrogen and oxygen atoms in total. The van der Waals surface area contributed by atoms with Crippen molar-refractivity contribution in [3.05, 3.63) is 48.6 Å². The van der Waals surface area contributed by atoms with Crippen LogP contribution in [0.1, 0.15) is 136 Å². The van der Waals surface area contributed by atoms with E-state index in [1.165, 1.54) is 25.7 Å². The smallest absolute Gasteiger partial charge is 0.462 e. The molecule has 0 radical (unpaired) electrons. The minimum atomic E-state index is -4.63. The fourth-order valence-corrected chi connectivity index (χ4v) is 5.51. The highest BCUT2D eigenvalue weighted by Crippen LogP contribution is 2.43. The Balaban J connectivity index is 4.51. The molecule has 0 aliphatic carbocycles. The number of phosphoric ester groups is 1. The summed E-state index contributed by atoms with van der Waals surface area (Å²) in [6.45, 7) is 4.40. The Kier molecular flexibility index (Phi) is 32.3. The summed E-state index contributed by atoms with van der Waals surface area (Å²) in [6.07, 6.45) is 28.6. The number of carbonyl (C=O) groups excluding carboxylic acids is 2. The first-order chi connectivity index (χ1) is 24.5. The minimum absolute atomic E-state index is 0.144. The van der Waals surface area contributed by atoms with Crippen LogP contribution in [0.4, 0.5) is 0 Å². The molecule has 2 unspecified atom stereocenters. The number of allylic oxidation sites excluding steroid dienone is 7. The lowest BCUT2D eigenvalue weighted by molar-refractivity contribution is -0.161. The monoisotopic (exact) mass is 744 g/mol. The molecular formula is C39H69O11P. The van der Waals surface area contributed by atoms with E-state index in [1.807, 2.05) is 36.5 Å². The number of phosphoric acid groups is 1. The number of hydrogen-bond acceptors (Lipinski definition) is 10. The van der Waals surface area contributed by atoms with Crippen LogP contribution in [0, 0.1) is 5.92 Å². The molecular weight excluding hydrogens is 675 g/mol. The third-order valence-corrected chi connectivity index (χ3v) is 9.08. The van der Waals surface area contributed by atoms with Gasteiger partial charge in [0, 0.05) is 12.8 Å². The Morgan fingerprint density at radius 2 is 1.35 bits per heavy atom. The third-order valence-electron chi connectivity index (χ3n) is 8.13. The summed E-state index contributed by atoms with van der Waals surface area (Å²) in [6, 6.07) is 0. The highest BCUT2D eigenvalue weighted by Gasteiger charge is 2.27. The van der Waals surface area contributed by atoms with Crippen molar-refractivity contribution in [2.45, 2.75) is 155 Å². The number of ether oxygens (including phenoxy) is 2. The number of carbonyl (C=O) groups is 2. The quantitative estimate of drug-likeness (QED) is 0.0165. The zero-order chi connectivity index (χ0) is 38.0. The molecule has 0 heterocycles. The van der Waals surface area contributed by atoms with E-state index in [1.54, 1.807) is 0 Å². The van der Waals surface area contributed by atoms with Crippen molar-refractivity contribution in [3.8, 4) is 0 Å². The van der Waals surface area contributed by atoms with Crippen LogP contribution in [0.15, 0.2) is 48.6 Å². The standard InChI is InChI=1S/C39H69O11P/c1-4-6-20-26-35(41)27-22-17-12-10-8-7-9-11-13-18-23-28-38(43)47-32-37(33-49-51(45,46)48-31-36(42)30-40)50-39(44)29-24-19-15-14-16-21-25-34(3)5-2/h7-8,11-13,17,22,27,34-37,40-42H,4-6,9-10,14-16,18-21,23-26,28-33H2,1-3H3,(H,45,46)/b8-7-,13-11-,17-12-,27-22+/t34?,35-,36+,37-/m1/s1. The van der Waals surface area contributed by atoms with Crippen LogP contribution in [-0.4, -0.2) is 76.9 Å². The minimum Gasteiger partial charge on any atom is -0.462 e. The maximum absolute atomic E-state index is 12.5. The first kappa shape index (κ1) is 48.9. The highest BCUT2D eigenvalue weighted by atomic mass is 31.2. The normalized spacial score (nSPS) is 15.8. The second-order valence-electron chi connectivity index (χ2n) is 13.0. The van der Waals surface area contributed by atoms with Crippen molar-refractivity contribution >= 4 is 19.8 Å². The van der Waals surface area contributed by atoms with Crippen molar-refractivity contribution < 1.29 is 52.9 Å². The van der Waals surface area contributed by atoms with E-state index in [-0.39, 0.29) is 25.6 Å². The van der Waals surface area contributed by atoms with Gasteiger partial charge < -0.3 is 29.7 Å². The SMILES string of the molecule is CCCCC[C@@H](O)/C=C/C=C\C/C=C\C/C=C\CCCC(=O)OC[C@H](COP(=O)(O)OC[C@@H](O)CO)OC(=O)CCCCCCCCC(C)CC. The molecule has 296 valence electrons. The summed E-state index contributed by atoms with van der Waals surface area (Å²) < 4.78 is 32.5. The molecule has 0 aromatic heterocycles. The average Bonchev–Trinajstić information content (AvgIpc) is 3.11. The molecule has 0 aliphatic rings. The molecule has 5 atom stereocenters. The van der Waals surface area contributed by atoms with Crippen LogP contribution in [-0.2, 0) is 32.7 Å². The van der Waals surface area contributed by atoms with Gasteiger partial charge in [-0.15, -0.1) is 0 Å². The van der Waals surface area contributed by atoms with E-state index in [4.69, 9.17) is 19.1 Å². The molecule has 0 aromatic carbocycles. The molecule has 0 aliphatic heterocycles. The average molecular weight is 745 g/mol. The van der Waals surface area contributed by atoms with Gasteiger partial charge in [-0.2, -0.15) is 0 Å². The summed E-state index contributed by atoms with van der Waals surface area (Å²) in [7, 11) is -4.63. The zero-order valence-electron chi connectivity index (χ0n) is 31.6. The number of esters is 2. The third kappa shape index (κ3) is 33.5. The molecule has 0 bridgehead atoms. The number of unbranched alkanes of at least 4 members (excludes halogenated alkanes) is 8. The van der Waals surface area contributed by atoms with Gasteiger partial charge >= 0.3 is 19.8 Å². The zero-order valence-corrected chi connectivity index (χ0v) is 32.5. The Morgan fingerprint density at radius 3 is 2.06 bits per heavy atom. The fraction of sp³-hybridized carbons (Fsp3) is 0.744. The molecule has 0 fully saturated rings. The Labute approximate surface area is 307 Å². The van der Waals surface area contributed by atoms with Gasteiger partial charge in [0.15, 0.2) is 6.10 Å². The molecule has 51 heavy (non-hydrogen) atoms. The Bertz CT molecular complexity index is 1030. The van der Waals surface area contributed by atoms with E-state index in [0.717, 1.165) is 63.7 Å². The van der Waals surface area contributed by atoms with Gasteiger partial charge in [0.05, 0.1) is 25.9 Å². The highest BCUT2D eigenvalue weighted by molar-refractivity contribution is 7.47. The lowest BCUT2D eigenvalue weighted by Gasteiger charge is -2.20. The molecule has 0 rings (SSSR count). The molecule has 0 amide bonds. The summed E-state index contributed by atoms with van der Waals surface area (Å²) in [4.78, 5) is 34.8. The lowest BCUT2D eigenvalue weighted by Crippen LogP contribution is -2.29. The van der Waals surface area contributed by atoms with E-state index in [9.17, 15) is 29.3 Å². The molecule has 0 spiro atoms.